The molecule has 1 saturated heterocycles. The van der Waals surface area contributed by atoms with E-state index in [0.29, 0.717) is 11.0 Å². The van der Waals surface area contributed by atoms with Crippen LogP contribution in [-0.4, -0.2) is 46.2 Å². The molecular weight excluding hydrogens is 286 g/mol. The molecule has 7 heteroatoms. The predicted octanol–water partition coefficient (Wildman–Crippen LogP) is 1.84. The van der Waals surface area contributed by atoms with Crippen LogP contribution in [0.1, 0.15) is 26.7 Å². The maximum Gasteiger partial charge on any atom is 0.225 e. The Bertz CT molecular complexity index is 508. The molecule has 0 aliphatic carbocycles. The summed E-state index contributed by atoms with van der Waals surface area (Å²) >= 11 is 1.46. The fourth-order valence-corrected chi connectivity index (χ4v) is 2.86. The molecule has 3 N–H and O–H groups in total. The fourth-order valence-electron chi connectivity index (χ4n) is 2.48. The molecule has 0 saturated carbocycles. The number of carbonyl (C=O) groups excluding carboxylic acids is 1. The number of amides is 1. The molecular formula is C14H23N5OS. The monoisotopic (exact) mass is 309 g/mol. The molecule has 1 aliphatic rings. The van der Waals surface area contributed by atoms with Crippen LogP contribution in [0.2, 0.25) is 0 Å². The highest BCUT2D eigenvalue weighted by molar-refractivity contribution is 7.98. The molecule has 1 unspecified atom stereocenters. The number of aromatic nitrogens is 2. The SMILES string of the molecule is CSc1nc(N)cc(NC2CCCN(C(=O)C(C)C)C2)n1. The van der Waals surface area contributed by atoms with Crippen LogP contribution >= 0.6 is 11.8 Å². The number of nitrogen functional groups attached to an aromatic ring is 1. The van der Waals surface area contributed by atoms with Gasteiger partial charge in [-0.3, -0.25) is 4.79 Å². The molecule has 6 nitrogen and oxygen atoms in total. The van der Waals surface area contributed by atoms with Crippen molar-refractivity contribution < 1.29 is 4.79 Å². The van der Waals surface area contributed by atoms with Crippen LogP contribution in [0, 0.1) is 5.92 Å². The summed E-state index contributed by atoms with van der Waals surface area (Å²) in [6.07, 6.45) is 3.95. The van der Waals surface area contributed by atoms with Gasteiger partial charge >= 0.3 is 0 Å². The Morgan fingerprint density at radius 1 is 1.52 bits per heavy atom. The van der Waals surface area contributed by atoms with Crippen molar-refractivity contribution in [2.75, 3.05) is 30.4 Å². The van der Waals surface area contributed by atoms with E-state index in [2.05, 4.69) is 15.3 Å². The van der Waals surface area contributed by atoms with Crippen molar-refractivity contribution in [2.45, 2.75) is 37.9 Å². The average molecular weight is 309 g/mol. The first-order chi connectivity index (χ1) is 9.99. The number of thioether (sulfide) groups is 1. The minimum absolute atomic E-state index is 0.0431. The van der Waals surface area contributed by atoms with Crippen molar-refractivity contribution >= 4 is 29.3 Å². The summed E-state index contributed by atoms with van der Waals surface area (Å²) in [5.41, 5.74) is 5.79. The summed E-state index contributed by atoms with van der Waals surface area (Å²) in [6, 6.07) is 1.95. The molecule has 116 valence electrons. The third-order valence-electron chi connectivity index (χ3n) is 3.49. The number of rotatable bonds is 4. The molecule has 1 fully saturated rings. The molecule has 2 rings (SSSR count). The molecule has 0 bridgehead atoms. The highest BCUT2D eigenvalue weighted by Crippen LogP contribution is 2.19. The largest absolute Gasteiger partial charge is 0.383 e. The lowest BCUT2D eigenvalue weighted by atomic mass is 10.0. The van der Waals surface area contributed by atoms with E-state index >= 15 is 0 Å². The van der Waals surface area contributed by atoms with Crippen LogP contribution < -0.4 is 11.1 Å². The molecule has 1 aromatic rings. The minimum Gasteiger partial charge on any atom is -0.383 e. The zero-order valence-electron chi connectivity index (χ0n) is 12.8. The Hall–Kier alpha value is -1.50. The maximum absolute atomic E-state index is 12.1. The molecule has 1 aromatic heterocycles. The molecule has 0 radical (unpaired) electrons. The quantitative estimate of drug-likeness (QED) is 0.652. The van der Waals surface area contributed by atoms with E-state index in [-0.39, 0.29) is 17.9 Å². The summed E-state index contributed by atoms with van der Waals surface area (Å²) < 4.78 is 0. The van der Waals surface area contributed by atoms with Crippen LogP contribution in [0.5, 0.6) is 0 Å². The van der Waals surface area contributed by atoms with Crippen molar-refractivity contribution in [1.82, 2.24) is 14.9 Å². The van der Waals surface area contributed by atoms with Crippen LogP contribution in [0.25, 0.3) is 0 Å². The lowest BCUT2D eigenvalue weighted by Gasteiger charge is -2.34. The van der Waals surface area contributed by atoms with Crippen LogP contribution in [0.15, 0.2) is 11.2 Å². The number of piperidine rings is 1. The Kier molecular flexibility index (Phi) is 5.27. The van der Waals surface area contributed by atoms with Gasteiger partial charge in [-0.25, -0.2) is 9.97 Å². The van der Waals surface area contributed by atoms with E-state index in [0.717, 1.165) is 31.7 Å². The molecule has 0 spiro atoms. The summed E-state index contributed by atoms with van der Waals surface area (Å²) in [7, 11) is 0. The van der Waals surface area contributed by atoms with Gasteiger partial charge in [0.1, 0.15) is 11.6 Å². The van der Waals surface area contributed by atoms with Crippen molar-refractivity contribution in [1.29, 1.82) is 0 Å². The predicted molar refractivity (Wildman–Crippen MR) is 86.3 cm³/mol. The highest BCUT2D eigenvalue weighted by Gasteiger charge is 2.25. The van der Waals surface area contributed by atoms with Gasteiger partial charge in [0, 0.05) is 31.1 Å². The van der Waals surface area contributed by atoms with Gasteiger partial charge in [-0.2, -0.15) is 0 Å². The van der Waals surface area contributed by atoms with Crippen LogP contribution in [-0.2, 0) is 4.79 Å². The topological polar surface area (TPSA) is 84.1 Å². The van der Waals surface area contributed by atoms with Crippen LogP contribution in [0.4, 0.5) is 11.6 Å². The average Bonchev–Trinajstić information content (AvgIpc) is 2.46. The third-order valence-corrected chi connectivity index (χ3v) is 4.03. The van der Waals surface area contributed by atoms with Gasteiger partial charge in [0.2, 0.25) is 5.91 Å². The van der Waals surface area contributed by atoms with E-state index in [1.54, 1.807) is 6.07 Å². The van der Waals surface area contributed by atoms with Gasteiger partial charge in [-0.1, -0.05) is 25.6 Å². The number of hydrogen-bond donors (Lipinski definition) is 2. The third kappa shape index (κ3) is 4.23. The zero-order chi connectivity index (χ0) is 15.4. The van der Waals surface area contributed by atoms with E-state index in [1.165, 1.54) is 11.8 Å². The lowest BCUT2D eigenvalue weighted by molar-refractivity contribution is -0.135. The van der Waals surface area contributed by atoms with Crippen LogP contribution in [0.3, 0.4) is 0 Å². The minimum atomic E-state index is 0.0431. The van der Waals surface area contributed by atoms with Crippen molar-refractivity contribution in [3.8, 4) is 0 Å². The summed E-state index contributed by atoms with van der Waals surface area (Å²) in [6.45, 7) is 5.44. The molecule has 1 atom stereocenters. The fraction of sp³-hybridized carbons (Fsp3) is 0.643. The molecule has 1 aliphatic heterocycles. The number of hydrogen-bond acceptors (Lipinski definition) is 6. The second kappa shape index (κ2) is 6.98. The number of anilines is 2. The summed E-state index contributed by atoms with van der Waals surface area (Å²) in [5.74, 6) is 1.45. The van der Waals surface area contributed by atoms with Gasteiger partial charge in [0.25, 0.3) is 0 Å². The van der Waals surface area contributed by atoms with Gasteiger partial charge in [0.15, 0.2) is 5.16 Å². The van der Waals surface area contributed by atoms with Crippen molar-refractivity contribution in [2.24, 2.45) is 5.92 Å². The lowest BCUT2D eigenvalue weighted by Crippen LogP contribution is -2.46. The summed E-state index contributed by atoms with van der Waals surface area (Å²) in [4.78, 5) is 22.6. The maximum atomic E-state index is 12.1. The van der Waals surface area contributed by atoms with Gasteiger partial charge < -0.3 is 16.0 Å². The van der Waals surface area contributed by atoms with Crippen molar-refractivity contribution in [3.05, 3.63) is 6.07 Å². The molecule has 21 heavy (non-hydrogen) atoms. The van der Waals surface area contributed by atoms with E-state index < -0.39 is 0 Å². The van der Waals surface area contributed by atoms with Gasteiger partial charge in [0.05, 0.1) is 0 Å². The highest BCUT2D eigenvalue weighted by atomic mass is 32.2. The second-order valence-corrected chi connectivity index (χ2v) is 6.36. The number of carbonyl (C=O) groups is 1. The van der Waals surface area contributed by atoms with Gasteiger partial charge in [-0.05, 0) is 19.1 Å². The standard InChI is InChI=1S/C14H23N5OS/c1-9(2)13(20)19-6-4-5-10(8-19)16-12-7-11(15)17-14(18-12)21-3/h7,9-10H,4-6,8H2,1-3H3,(H3,15,16,17,18). The zero-order valence-corrected chi connectivity index (χ0v) is 13.6. The van der Waals surface area contributed by atoms with E-state index in [4.69, 9.17) is 5.73 Å². The first-order valence-electron chi connectivity index (χ1n) is 7.23. The number of nitrogens with zero attached hydrogens (tertiary/aromatic N) is 3. The molecule has 0 aromatic carbocycles. The Balaban J connectivity index is 2.02. The Morgan fingerprint density at radius 2 is 2.29 bits per heavy atom. The van der Waals surface area contributed by atoms with Crippen molar-refractivity contribution in [3.63, 3.8) is 0 Å². The normalized spacial score (nSPS) is 18.9. The first kappa shape index (κ1) is 15.9. The molecule has 1 amide bonds. The summed E-state index contributed by atoms with van der Waals surface area (Å²) in [5, 5.41) is 4.04. The molecule has 2 heterocycles. The number of likely N-dealkylation sites (tertiary alicyclic amines) is 1. The Morgan fingerprint density at radius 3 is 2.95 bits per heavy atom. The van der Waals surface area contributed by atoms with E-state index in [9.17, 15) is 4.79 Å². The number of nitrogens with one attached hydrogen (secondary N) is 1. The first-order valence-corrected chi connectivity index (χ1v) is 8.46. The number of nitrogens with two attached hydrogens (primary N) is 1. The Labute approximate surface area is 129 Å². The smallest absolute Gasteiger partial charge is 0.225 e. The second-order valence-electron chi connectivity index (χ2n) is 5.59. The van der Waals surface area contributed by atoms with E-state index in [1.807, 2.05) is 25.0 Å². The van der Waals surface area contributed by atoms with Gasteiger partial charge in [-0.15, -0.1) is 0 Å².